The Morgan fingerprint density at radius 1 is 1.25 bits per heavy atom. The molecule has 0 saturated heterocycles. The lowest BCUT2D eigenvalue weighted by Crippen LogP contribution is -2.39. The maximum atomic E-state index is 12.0. The number of Topliss-reactive ketones (excluding diaryl/α,β-unsaturated/α-hetero) is 1. The predicted octanol–water partition coefficient (Wildman–Crippen LogP) is 4.16. The fourth-order valence-electron chi connectivity index (χ4n) is 3.18. The highest BCUT2D eigenvalue weighted by Crippen LogP contribution is 2.52. The topological polar surface area (TPSA) is 17.1 Å². The lowest BCUT2D eigenvalue weighted by molar-refractivity contribution is 0.0919. The van der Waals surface area contributed by atoms with Gasteiger partial charge in [-0.2, -0.15) is 0 Å². The van der Waals surface area contributed by atoms with Crippen molar-refractivity contribution in [1.29, 1.82) is 0 Å². The van der Waals surface area contributed by atoms with Gasteiger partial charge in [-0.1, -0.05) is 28.4 Å². The maximum Gasteiger partial charge on any atom is 0.164 e. The second-order valence-corrected chi connectivity index (χ2v) is 6.08. The van der Waals surface area contributed by atoms with Gasteiger partial charge in [-0.25, -0.2) is 0 Å². The highest BCUT2D eigenvalue weighted by atomic mass is 79.9. The molecule has 2 aliphatic rings. The van der Waals surface area contributed by atoms with Crippen LogP contribution >= 0.6 is 15.9 Å². The van der Waals surface area contributed by atoms with Gasteiger partial charge in [-0.15, -0.1) is 0 Å². The Hall–Kier alpha value is -0.630. The molecule has 16 heavy (non-hydrogen) atoms. The predicted molar refractivity (Wildman–Crippen MR) is 68.0 cm³/mol. The van der Waals surface area contributed by atoms with Crippen LogP contribution in [0, 0.1) is 6.92 Å². The Kier molecular flexibility index (Phi) is 2.25. The summed E-state index contributed by atoms with van der Waals surface area (Å²) in [5, 5.41) is 0. The van der Waals surface area contributed by atoms with Crippen LogP contribution in [0.5, 0.6) is 0 Å². The summed E-state index contributed by atoms with van der Waals surface area (Å²) < 4.78 is 0.999. The molecule has 84 valence electrons. The number of hydrogen-bond acceptors (Lipinski definition) is 1. The molecule has 1 aromatic carbocycles. The normalized spacial score (nSPS) is 21.8. The van der Waals surface area contributed by atoms with Crippen LogP contribution in [0.3, 0.4) is 0 Å². The Bertz CT molecular complexity index is 472. The van der Waals surface area contributed by atoms with Crippen molar-refractivity contribution in [2.75, 3.05) is 0 Å². The van der Waals surface area contributed by atoms with Crippen molar-refractivity contribution >= 4 is 21.7 Å². The first-order chi connectivity index (χ1) is 7.62. The molecule has 0 aromatic heterocycles. The lowest BCUT2D eigenvalue weighted by Gasteiger charge is -2.46. The SMILES string of the molecule is Cc1cc(Br)c2c(c1)C1(CCC1)CCC2=O. The van der Waals surface area contributed by atoms with Gasteiger partial charge in [-0.3, -0.25) is 4.79 Å². The minimum Gasteiger partial charge on any atom is -0.294 e. The molecule has 1 fully saturated rings. The first kappa shape index (κ1) is 10.5. The van der Waals surface area contributed by atoms with Crippen molar-refractivity contribution in [1.82, 2.24) is 0 Å². The molecule has 1 saturated carbocycles. The third-order valence-electron chi connectivity index (χ3n) is 4.23. The van der Waals surface area contributed by atoms with E-state index in [4.69, 9.17) is 0 Å². The first-order valence-electron chi connectivity index (χ1n) is 5.96. The van der Waals surface area contributed by atoms with E-state index in [1.807, 2.05) is 0 Å². The number of halogens is 1. The van der Waals surface area contributed by atoms with Crippen molar-refractivity contribution in [3.05, 3.63) is 33.3 Å². The van der Waals surface area contributed by atoms with Crippen molar-refractivity contribution in [2.24, 2.45) is 0 Å². The lowest BCUT2D eigenvalue weighted by atomic mass is 9.58. The molecular formula is C14H15BrO. The minimum atomic E-state index is 0.319. The third kappa shape index (κ3) is 1.32. The average Bonchev–Trinajstić information content (AvgIpc) is 2.14. The number of hydrogen-bond donors (Lipinski definition) is 0. The van der Waals surface area contributed by atoms with E-state index >= 15 is 0 Å². The van der Waals surface area contributed by atoms with E-state index in [0.29, 0.717) is 11.2 Å². The van der Waals surface area contributed by atoms with E-state index in [0.717, 1.165) is 22.9 Å². The number of benzene rings is 1. The summed E-state index contributed by atoms with van der Waals surface area (Å²) in [6.07, 6.45) is 5.65. The molecule has 3 rings (SSSR count). The van der Waals surface area contributed by atoms with Crippen molar-refractivity contribution < 1.29 is 4.79 Å². The zero-order chi connectivity index (χ0) is 11.3. The van der Waals surface area contributed by atoms with E-state index < -0.39 is 0 Å². The number of aryl methyl sites for hydroxylation is 1. The van der Waals surface area contributed by atoms with Gasteiger partial charge >= 0.3 is 0 Å². The zero-order valence-corrected chi connectivity index (χ0v) is 11.1. The Balaban J connectivity index is 2.24. The summed E-state index contributed by atoms with van der Waals surface area (Å²) in [5.74, 6) is 0.319. The van der Waals surface area contributed by atoms with Gasteiger partial charge in [0.1, 0.15) is 0 Å². The van der Waals surface area contributed by atoms with Crippen LogP contribution in [-0.4, -0.2) is 5.78 Å². The molecule has 1 spiro atoms. The largest absolute Gasteiger partial charge is 0.294 e. The van der Waals surface area contributed by atoms with Gasteiger partial charge in [0.2, 0.25) is 0 Å². The van der Waals surface area contributed by atoms with Gasteiger partial charge in [0.25, 0.3) is 0 Å². The fraction of sp³-hybridized carbons (Fsp3) is 0.500. The summed E-state index contributed by atoms with van der Waals surface area (Å²) >= 11 is 3.56. The van der Waals surface area contributed by atoms with E-state index in [1.54, 1.807) is 0 Å². The second kappa shape index (κ2) is 3.43. The van der Waals surface area contributed by atoms with Crippen LogP contribution in [0.15, 0.2) is 16.6 Å². The zero-order valence-electron chi connectivity index (χ0n) is 9.48. The van der Waals surface area contributed by atoms with Gasteiger partial charge in [0, 0.05) is 16.5 Å². The van der Waals surface area contributed by atoms with Gasteiger partial charge < -0.3 is 0 Å². The summed E-state index contributed by atoms with van der Waals surface area (Å²) in [6.45, 7) is 2.11. The molecule has 0 atom stereocenters. The quantitative estimate of drug-likeness (QED) is 0.697. The second-order valence-electron chi connectivity index (χ2n) is 5.23. The molecule has 0 N–H and O–H groups in total. The molecular weight excluding hydrogens is 264 g/mol. The summed E-state index contributed by atoms with van der Waals surface area (Å²) in [4.78, 5) is 12.0. The molecule has 0 bridgehead atoms. The van der Waals surface area contributed by atoms with E-state index in [-0.39, 0.29) is 0 Å². The van der Waals surface area contributed by atoms with Crippen LogP contribution in [0.25, 0.3) is 0 Å². The van der Waals surface area contributed by atoms with E-state index in [1.165, 1.54) is 30.4 Å². The third-order valence-corrected chi connectivity index (χ3v) is 4.85. The highest BCUT2D eigenvalue weighted by Gasteiger charge is 2.44. The Morgan fingerprint density at radius 3 is 2.62 bits per heavy atom. The first-order valence-corrected chi connectivity index (χ1v) is 6.76. The molecule has 0 aliphatic heterocycles. The summed E-state index contributed by atoms with van der Waals surface area (Å²) in [7, 11) is 0. The van der Waals surface area contributed by atoms with Crippen LogP contribution in [0.2, 0.25) is 0 Å². The molecule has 2 aliphatic carbocycles. The van der Waals surface area contributed by atoms with Crippen molar-refractivity contribution in [3.63, 3.8) is 0 Å². The Labute approximate surface area is 104 Å². The molecule has 0 unspecified atom stereocenters. The number of carbonyl (C=O) groups excluding carboxylic acids is 1. The summed E-state index contributed by atoms with van der Waals surface area (Å²) in [5.41, 5.74) is 3.89. The van der Waals surface area contributed by atoms with Crippen LogP contribution < -0.4 is 0 Å². The van der Waals surface area contributed by atoms with Gasteiger partial charge in [0.05, 0.1) is 0 Å². The van der Waals surface area contributed by atoms with Crippen molar-refractivity contribution in [3.8, 4) is 0 Å². The summed E-state index contributed by atoms with van der Waals surface area (Å²) in [6, 6.07) is 4.30. The monoisotopic (exact) mass is 278 g/mol. The minimum absolute atomic E-state index is 0.319. The highest BCUT2D eigenvalue weighted by molar-refractivity contribution is 9.10. The van der Waals surface area contributed by atoms with Crippen LogP contribution in [0.1, 0.15) is 53.6 Å². The van der Waals surface area contributed by atoms with Gasteiger partial charge in [-0.05, 0) is 48.8 Å². The molecule has 0 heterocycles. The smallest absolute Gasteiger partial charge is 0.164 e. The Morgan fingerprint density at radius 2 is 2.00 bits per heavy atom. The maximum absolute atomic E-state index is 12.0. The molecule has 2 heteroatoms. The fourth-order valence-corrected chi connectivity index (χ4v) is 3.98. The molecule has 1 nitrogen and oxygen atoms in total. The van der Waals surface area contributed by atoms with Gasteiger partial charge in [0.15, 0.2) is 5.78 Å². The van der Waals surface area contributed by atoms with E-state index in [2.05, 4.69) is 35.0 Å². The molecule has 0 radical (unpaired) electrons. The average molecular weight is 279 g/mol. The number of carbonyl (C=O) groups is 1. The van der Waals surface area contributed by atoms with Crippen molar-refractivity contribution in [2.45, 2.75) is 44.4 Å². The van der Waals surface area contributed by atoms with E-state index in [9.17, 15) is 4.79 Å². The molecule has 0 amide bonds. The number of rotatable bonds is 0. The van der Waals surface area contributed by atoms with Crippen LogP contribution in [-0.2, 0) is 5.41 Å². The number of ketones is 1. The molecule has 1 aromatic rings. The number of fused-ring (bicyclic) bond motifs is 2. The van der Waals surface area contributed by atoms with Crippen LogP contribution in [0.4, 0.5) is 0 Å². The standard InChI is InChI=1S/C14H15BrO/c1-9-7-10-13(11(15)8-9)12(16)3-6-14(10)4-2-5-14/h7-8H,2-6H2,1H3.